The highest BCUT2D eigenvalue weighted by atomic mass is 35.5. The summed E-state index contributed by atoms with van der Waals surface area (Å²) in [6.45, 7) is 4.23. The molecule has 0 radical (unpaired) electrons. The van der Waals surface area contributed by atoms with Gasteiger partial charge in [0.2, 0.25) is 0 Å². The number of fused-ring (bicyclic) bond motifs is 1. The number of amides is 1. The van der Waals surface area contributed by atoms with Gasteiger partial charge in [-0.2, -0.15) is 0 Å². The van der Waals surface area contributed by atoms with Gasteiger partial charge in [0, 0.05) is 22.0 Å². The van der Waals surface area contributed by atoms with Crippen LogP contribution in [0, 0.1) is 6.92 Å². The summed E-state index contributed by atoms with van der Waals surface area (Å²) in [7, 11) is 0. The van der Waals surface area contributed by atoms with Gasteiger partial charge in [-0.25, -0.2) is 0 Å². The van der Waals surface area contributed by atoms with Crippen LogP contribution in [0.3, 0.4) is 0 Å². The zero-order chi connectivity index (χ0) is 20.5. The summed E-state index contributed by atoms with van der Waals surface area (Å²) in [6, 6.07) is 16.6. The third kappa shape index (κ3) is 3.49. The van der Waals surface area contributed by atoms with Gasteiger partial charge in [0.1, 0.15) is 0 Å². The Morgan fingerprint density at radius 3 is 2.59 bits per heavy atom. The number of hydrogen-bond acceptors (Lipinski definition) is 1. The topological polar surface area (TPSA) is 48.0 Å². The Balaban J connectivity index is 1.97. The first-order valence-electron chi connectivity index (χ1n) is 10.4. The van der Waals surface area contributed by atoms with Crippen LogP contribution in [0.5, 0.6) is 0 Å². The van der Waals surface area contributed by atoms with E-state index in [-0.39, 0.29) is 11.9 Å². The van der Waals surface area contributed by atoms with E-state index in [0.717, 1.165) is 48.9 Å². The standard InChI is InChI=1S/C25H27ClN2O/c1-3-4-9-22-24(18-10-13-19(26)14-11-18)23(25(27)29)16(2)28(22)21-15-12-17-7-5-6-8-20(17)21/h5-8,10-11,13-14,21H,3-4,9,12,15H2,1-2H3,(H2,27,29). The maximum absolute atomic E-state index is 12.6. The molecule has 3 aromatic rings. The summed E-state index contributed by atoms with van der Waals surface area (Å²) in [4.78, 5) is 12.6. The van der Waals surface area contributed by atoms with E-state index < -0.39 is 0 Å². The van der Waals surface area contributed by atoms with Crippen molar-refractivity contribution in [3.63, 3.8) is 0 Å². The van der Waals surface area contributed by atoms with Crippen LogP contribution < -0.4 is 5.73 Å². The highest BCUT2D eigenvalue weighted by molar-refractivity contribution is 6.30. The van der Waals surface area contributed by atoms with Crippen molar-refractivity contribution in [1.82, 2.24) is 4.57 Å². The van der Waals surface area contributed by atoms with Crippen molar-refractivity contribution in [2.45, 2.75) is 52.0 Å². The van der Waals surface area contributed by atoms with Crippen LogP contribution in [0.4, 0.5) is 0 Å². The van der Waals surface area contributed by atoms with Crippen LogP contribution in [0.25, 0.3) is 11.1 Å². The molecule has 0 saturated heterocycles. The van der Waals surface area contributed by atoms with Crippen molar-refractivity contribution in [3.8, 4) is 11.1 Å². The number of primary amides is 1. The summed E-state index contributed by atoms with van der Waals surface area (Å²) in [6.07, 6.45) is 5.19. The predicted octanol–water partition coefficient (Wildman–Crippen LogP) is 6.09. The van der Waals surface area contributed by atoms with Gasteiger partial charge in [-0.05, 0) is 61.4 Å². The molecule has 4 rings (SSSR count). The zero-order valence-electron chi connectivity index (χ0n) is 17.0. The SMILES string of the molecule is CCCCc1c(-c2ccc(Cl)cc2)c(C(N)=O)c(C)n1C1CCc2ccccc21. The third-order valence-corrected chi connectivity index (χ3v) is 6.36. The minimum absolute atomic E-state index is 0.247. The maximum Gasteiger partial charge on any atom is 0.251 e. The van der Waals surface area contributed by atoms with Crippen molar-refractivity contribution in [2.75, 3.05) is 0 Å². The minimum Gasteiger partial charge on any atom is -0.366 e. The quantitative estimate of drug-likeness (QED) is 0.528. The molecule has 0 bridgehead atoms. The molecule has 1 atom stereocenters. The number of aromatic nitrogens is 1. The smallest absolute Gasteiger partial charge is 0.251 e. The fourth-order valence-electron chi connectivity index (χ4n) is 4.81. The first-order valence-corrected chi connectivity index (χ1v) is 10.8. The predicted molar refractivity (Wildman–Crippen MR) is 120 cm³/mol. The molecule has 2 aromatic carbocycles. The van der Waals surface area contributed by atoms with Gasteiger partial charge in [0.25, 0.3) is 5.91 Å². The van der Waals surface area contributed by atoms with Gasteiger partial charge in [-0.15, -0.1) is 0 Å². The molecule has 29 heavy (non-hydrogen) atoms. The van der Waals surface area contributed by atoms with Gasteiger partial charge >= 0.3 is 0 Å². The lowest BCUT2D eigenvalue weighted by Crippen LogP contribution is -2.15. The Morgan fingerprint density at radius 1 is 1.17 bits per heavy atom. The van der Waals surface area contributed by atoms with Gasteiger partial charge in [-0.1, -0.05) is 61.3 Å². The first kappa shape index (κ1) is 19.8. The minimum atomic E-state index is -0.366. The Morgan fingerprint density at radius 2 is 1.90 bits per heavy atom. The Labute approximate surface area is 177 Å². The number of aryl methyl sites for hydroxylation is 1. The fraction of sp³-hybridized carbons (Fsp3) is 0.320. The molecule has 3 nitrogen and oxygen atoms in total. The molecule has 1 unspecified atom stereocenters. The lowest BCUT2D eigenvalue weighted by Gasteiger charge is -2.21. The van der Waals surface area contributed by atoms with E-state index in [2.05, 4.69) is 35.8 Å². The highest BCUT2D eigenvalue weighted by Gasteiger charge is 2.31. The van der Waals surface area contributed by atoms with Crippen LogP contribution in [0.2, 0.25) is 5.02 Å². The van der Waals surface area contributed by atoms with Crippen molar-refractivity contribution in [3.05, 3.63) is 81.6 Å². The monoisotopic (exact) mass is 406 g/mol. The molecule has 1 heterocycles. The zero-order valence-corrected chi connectivity index (χ0v) is 17.8. The van der Waals surface area contributed by atoms with E-state index in [1.807, 2.05) is 31.2 Å². The number of unbranched alkanes of at least 4 members (excludes halogenated alkanes) is 1. The summed E-state index contributed by atoms with van der Waals surface area (Å²) < 4.78 is 2.39. The van der Waals surface area contributed by atoms with Crippen LogP contribution >= 0.6 is 11.6 Å². The number of carbonyl (C=O) groups excluding carboxylic acids is 1. The molecule has 1 aliphatic carbocycles. The van der Waals surface area contributed by atoms with Crippen molar-refractivity contribution in [2.24, 2.45) is 5.73 Å². The summed E-state index contributed by atoms with van der Waals surface area (Å²) >= 11 is 6.12. The largest absolute Gasteiger partial charge is 0.366 e. The number of nitrogens with zero attached hydrogens (tertiary/aromatic N) is 1. The second-order valence-electron chi connectivity index (χ2n) is 7.88. The van der Waals surface area contributed by atoms with Crippen LogP contribution in [-0.4, -0.2) is 10.5 Å². The molecule has 0 aliphatic heterocycles. The molecule has 4 heteroatoms. The maximum atomic E-state index is 12.6. The van der Waals surface area contributed by atoms with E-state index in [1.54, 1.807) is 0 Å². The van der Waals surface area contributed by atoms with Gasteiger partial charge < -0.3 is 10.3 Å². The van der Waals surface area contributed by atoms with Crippen molar-refractivity contribution < 1.29 is 4.79 Å². The first-order chi connectivity index (χ1) is 14.0. The van der Waals surface area contributed by atoms with E-state index in [4.69, 9.17) is 17.3 Å². The third-order valence-electron chi connectivity index (χ3n) is 6.11. The van der Waals surface area contributed by atoms with Crippen molar-refractivity contribution >= 4 is 17.5 Å². The van der Waals surface area contributed by atoms with Crippen molar-refractivity contribution in [1.29, 1.82) is 0 Å². The van der Waals surface area contributed by atoms with E-state index in [9.17, 15) is 4.79 Å². The number of nitrogens with two attached hydrogens (primary N) is 1. The van der Waals surface area contributed by atoms with Crippen LogP contribution in [0.1, 0.15) is 65.1 Å². The number of carbonyl (C=O) groups is 1. The summed E-state index contributed by atoms with van der Waals surface area (Å²) in [5.74, 6) is -0.366. The lowest BCUT2D eigenvalue weighted by molar-refractivity contribution is 0.1000. The molecule has 150 valence electrons. The van der Waals surface area contributed by atoms with E-state index in [0.29, 0.717) is 10.6 Å². The molecule has 0 spiro atoms. The fourth-order valence-corrected chi connectivity index (χ4v) is 4.94. The second kappa shape index (κ2) is 8.08. The molecular weight excluding hydrogens is 380 g/mol. The van der Waals surface area contributed by atoms with Crippen LogP contribution in [0.15, 0.2) is 48.5 Å². The lowest BCUT2D eigenvalue weighted by atomic mass is 9.97. The molecule has 2 N–H and O–H groups in total. The highest BCUT2D eigenvalue weighted by Crippen LogP contribution is 2.42. The number of benzene rings is 2. The molecule has 1 aliphatic rings. The number of halogens is 1. The molecule has 0 saturated carbocycles. The molecular formula is C25H27ClN2O. The van der Waals surface area contributed by atoms with Gasteiger partial charge in [0.15, 0.2) is 0 Å². The average molecular weight is 407 g/mol. The Hall–Kier alpha value is -2.52. The Kier molecular flexibility index (Phi) is 5.51. The van der Waals surface area contributed by atoms with Gasteiger partial charge in [-0.3, -0.25) is 4.79 Å². The summed E-state index contributed by atoms with van der Waals surface area (Å²) in [5.41, 5.74) is 13.5. The van der Waals surface area contributed by atoms with E-state index >= 15 is 0 Å². The normalized spacial score (nSPS) is 15.5. The molecule has 1 amide bonds. The van der Waals surface area contributed by atoms with Crippen LogP contribution in [-0.2, 0) is 12.8 Å². The Bertz CT molecular complexity index is 1050. The molecule has 0 fully saturated rings. The number of hydrogen-bond donors (Lipinski definition) is 1. The van der Waals surface area contributed by atoms with Gasteiger partial charge in [0.05, 0.1) is 11.6 Å². The second-order valence-corrected chi connectivity index (χ2v) is 8.32. The molecule has 1 aromatic heterocycles. The van der Waals surface area contributed by atoms with E-state index in [1.165, 1.54) is 16.8 Å². The number of rotatable bonds is 6. The average Bonchev–Trinajstić information content (AvgIpc) is 3.25. The summed E-state index contributed by atoms with van der Waals surface area (Å²) in [5, 5.41) is 0.686.